The van der Waals surface area contributed by atoms with Crippen LogP contribution in [0.5, 0.6) is 0 Å². The van der Waals surface area contributed by atoms with E-state index in [1.807, 2.05) is 37.3 Å². The van der Waals surface area contributed by atoms with Crippen molar-refractivity contribution in [1.82, 2.24) is 10.6 Å². The van der Waals surface area contributed by atoms with E-state index in [1.165, 1.54) is 0 Å². The summed E-state index contributed by atoms with van der Waals surface area (Å²) in [6.45, 7) is 1.97. The zero-order chi connectivity index (χ0) is 11.5. The Labute approximate surface area is 93.3 Å². The number of imide groups is 1. The van der Waals surface area contributed by atoms with Gasteiger partial charge in [0.15, 0.2) is 0 Å². The van der Waals surface area contributed by atoms with Crippen molar-refractivity contribution >= 4 is 11.9 Å². The third-order valence-electron chi connectivity index (χ3n) is 2.46. The van der Waals surface area contributed by atoms with Crippen LogP contribution in [0.3, 0.4) is 0 Å². The lowest BCUT2D eigenvalue weighted by Gasteiger charge is -2.06. The van der Waals surface area contributed by atoms with Crippen LogP contribution in [0.15, 0.2) is 42.1 Å². The van der Waals surface area contributed by atoms with Crippen LogP contribution in [-0.2, 0) is 4.79 Å². The Morgan fingerprint density at radius 1 is 1.12 bits per heavy atom. The molecular formula is C12H12N2O2. The molecule has 4 nitrogen and oxygen atoms in total. The van der Waals surface area contributed by atoms with Crippen molar-refractivity contribution in [2.24, 2.45) is 0 Å². The monoisotopic (exact) mass is 216 g/mol. The molecule has 1 aromatic rings. The zero-order valence-corrected chi connectivity index (χ0v) is 8.86. The van der Waals surface area contributed by atoms with Gasteiger partial charge in [0.05, 0.1) is 0 Å². The predicted octanol–water partition coefficient (Wildman–Crippen LogP) is 1.51. The Morgan fingerprint density at radius 3 is 2.38 bits per heavy atom. The van der Waals surface area contributed by atoms with E-state index in [9.17, 15) is 9.59 Å². The number of urea groups is 1. The number of allylic oxidation sites excluding steroid dienone is 1. The van der Waals surface area contributed by atoms with Crippen LogP contribution in [0.25, 0.3) is 0 Å². The molecule has 1 saturated heterocycles. The first kappa shape index (κ1) is 10.4. The molecule has 82 valence electrons. The number of hydrogen-bond acceptors (Lipinski definition) is 2. The highest BCUT2D eigenvalue weighted by molar-refractivity contribution is 6.11. The quantitative estimate of drug-likeness (QED) is 0.581. The van der Waals surface area contributed by atoms with Crippen molar-refractivity contribution in [1.29, 1.82) is 0 Å². The van der Waals surface area contributed by atoms with Gasteiger partial charge in [0, 0.05) is 5.92 Å². The summed E-state index contributed by atoms with van der Waals surface area (Å²) in [6.07, 6.45) is 1.75. The molecule has 4 heteroatoms. The molecule has 1 atom stereocenters. The van der Waals surface area contributed by atoms with Gasteiger partial charge in [-0.15, -0.1) is 0 Å². The first-order valence-electron chi connectivity index (χ1n) is 5.06. The second kappa shape index (κ2) is 4.18. The third-order valence-corrected chi connectivity index (χ3v) is 2.46. The fraction of sp³-hybridized carbons (Fsp3) is 0.167. The molecule has 2 rings (SSSR count). The molecule has 0 bridgehead atoms. The van der Waals surface area contributed by atoms with Crippen LogP contribution in [-0.4, -0.2) is 11.9 Å². The van der Waals surface area contributed by atoms with Crippen molar-refractivity contribution in [3.05, 3.63) is 47.7 Å². The highest BCUT2D eigenvalue weighted by Gasteiger charge is 2.23. The van der Waals surface area contributed by atoms with Crippen molar-refractivity contribution in [2.45, 2.75) is 12.8 Å². The normalized spacial score (nSPS) is 19.4. The zero-order valence-electron chi connectivity index (χ0n) is 8.86. The van der Waals surface area contributed by atoms with Crippen LogP contribution in [0.2, 0.25) is 0 Å². The van der Waals surface area contributed by atoms with Gasteiger partial charge in [0.25, 0.3) is 5.91 Å². The Morgan fingerprint density at radius 2 is 1.81 bits per heavy atom. The summed E-state index contributed by atoms with van der Waals surface area (Å²) in [5.74, 6) is -0.284. The largest absolute Gasteiger partial charge is 0.326 e. The molecule has 1 aliphatic rings. The van der Waals surface area contributed by atoms with E-state index >= 15 is 0 Å². The molecule has 1 heterocycles. The van der Waals surface area contributed by atoms with Crippen LogP contribution >= 0.6 is 0 Å². The van der Waals surface area contributed by atoms with E-state index in [4.69, 9.17) is 0 Å². The van der Waals surface area contributed by atoms with Gasteiger partial charge in [-0.25, -0.2) is 4.79 Å². The van der Waals surface area contributed by atoms with Gasteiger partial charge in [0.1, 0.15) is 5.70 Å². The molecule has 0 unspecified atom stereocenters. The molecule has 2 N–H and O–H groups in total. The fourth-order valence-corrected chi connectivity index (χ4v) is 1.60. The van der Waals surface area contributed by atoms with Gasteiger partial charge in [-0.05, 0) is 11.6 Å². The number of hydrogen-bond donors (Lipinski definition) is 2. The van der Waals surface area contributed by atoms with E-state index in [0.717, 1.165) is 5.56 Å². The molecule has 1 aromatic carbocycles. The van der Waals surface area contributed by atoms with Gasteiger partial charge in [0.2, 0.25) is 0 Å². The summed E-state index contributed by atoms with van der Waals surface area (Å²) in [5, 5.41) is 4.63. The van der Waals surface area contributed by atoms with Gasteiger partial charge >= 0.3 is 6.03 Å². The van der Waals surface area contributed by atoms with Gasteiger partial charge in [-0.3, -0.25) is 10.1 Å². The highest BCUT2D eigenvalue weighted by Crippen LogP contribution is 2.17. The summed E-state index contributed by atoms with van der Waals surface area (Å²) in [7, 11) is 0. The first-order valence-corrected chi connectivity index (χ1v) is 5.06. The third kappa shape index (κ3) is 2.11. The first-order chi connectivity index (χ1) is 7.66. The van der Waals surface area contributed by atoms with Crippen molar-refractivity contribution in [3.63, 3.8) is 0 Å². The van der Waals surface area contributed by atoms with Crippen LogP contribution < -0.4 is 10.6 Å². The molecular weight excluding hydrogens is 204 g/mol. The maximum atomic E-state index is 11.3. The summed E-state index contributed by atoms with van der Waals surface area (Å²) in [5.41, 5.74) is 1.42. The molecule has 1 fully saturated rings. The average Bonchev–Trinajstić information content (AvgIpc) is 2.59. The van der Waals surface area contributed by atoms with E-state index in [0.29, 0.717) is 5.70 Å². The number of nitrogens with one attached hydrogen (secondary N) is 2. The van der Waals surface area contributed by atoms with Crippen LogP contribution in [0.4, 0.5) is 4.79 Å². The van der Waals surface area contributed by atoms with Gasteiger partial charge in [-0.2, -0.15) is 0 Å². The smallest absolute Gasteiger partial charge is 0.303 e. The topological polar surface area (TPSA) is 58.2 Å². The lowest BCUT2D eigenvalue weighted by molar-refractivity contribution is -0.115. The number of amides is 3. The van der Waals surface area contributed by atoms with Crippen LogP contribution in [0, 0.1) is 0 Å². The summed E-state index contributed by atoms with van der Waals surface area (Å²) in [4.78, 5) is 22.2. The Balaban J connectivity index is 2.18. The van der Waals surface area contributed by atoms with E-state index in [1.54, 1.807) is 6.08 Å². The molecule has 0 saturated carbocycles. The Hall–Kier alpha value is -2.10. The van der Waals surface area contributed by atoms with Crippen LogP contribution in [0.1, 0.15) is 18.4 Å². The molecule has 0 aromatic heterocycles. The van der Waals surface area contributed by atoms with Gasteiger partial charge < -0.3 is 5.32 Å². The lowest BCUT2D eigenvalue weighted by Crippen LogP contribution is -2.22. The minimum absolute atomic E-state index is 0.0837. The van der Waals surface area contributed by atoms with Crippen molar-refractivity contribution in [2.75, 3.05) is 0 Å². The molecule has 3 amide bonds. The predicted molar refractivity (Wildman–Crippen MR) is 59.6 cm³/mol. The summed E-state index contributed by atoms with van der Waals surface area (Å²) in [6, 6.07) is 9.33. The molecule has 0 aliphatic carbocycles. The second-order valence-corrected chi connectivity index (χ2v) is 3.69. The van der Waals surface area contributed by atoms with E-state index in [2.05, 4.69) is 10.6 Å². The standard InChI is InChI=1S/C12H12N2O2/c1-8(9-5-3-2-4-6-9)7-10-11(15)14-12(16)13-10/h2-8H,1H3,(H2,13,14,15,16)/b10-7-/t8-/m0/s1. The molecule has 1 aliphatic heterocycles. The minimum Gasteiger partial charge on any atom is -0.303 e. The molecule has 16 heavy (non-hydrogen) atoms. The Bertz CT molecular complexity index is 451. The van der Waals surface area contributed by atoms with E-state index in [-0.39, 0.29) is 11.8 Å². The number of carbonyl (C=O) groups is 2. The minimum atomic E-state index is -0.462. The summed E-state index contributed by atoms with van der Waals surface area (Å²) >= 11 is 0. The van der Waals surface area contributed by atoms with Gasteiger partial charge in [-0.1, -0.05) is 37.3 Å². The number of carbonyl (C=O) groups excluding carboxylic acids is 2. The Kier molecular flexibility index (Phi) is 2.72. The summed E-state index contributed by atoms with van der Waals surface area (Å²) < 4.78 is 0. The fourth-order valence-electron chi connectivity index (χ4n) is 1.60. The van der Waals surface area contributed by atoms with Crippen molar-refractivity contribution < 1.29 is 9.59 Å². The lowest BCUT2D eigenvalue weighted by atomic mass is 10.0. The highest BCUT2D eigenvalue weighted by atomic mass is 16.2. The second-order valence-electron chi connectivity index (χ2n) is 3.69. The van der Waals surface area contributed by atoms with E-state index < -0.39 is 6.03 Å². The molecule has 0 spiro atoms. The number of rotatable bonds is 2. The maximum Gasteiger partial charge on any atom is 0.326 e. The maximum absolute atomic E-state index is 11.3. The average molecular weight is 216 g/mol. The van der Waals surface area contributed by atoms with Crippen molar-refractivity contribution in [3.8, 4) is 0 Å². The number of benzene rings is 1. The molecule has 0 radical (unpaired) electrons. The SMILES string of the molecule is C[C@@H](/C=C1\NC(=O)NC1=O)c1ccccc1.